The van der Waals surface area contributed by atoms with Gasteiger partial charge in [-0.25, -0.2) is 4.68 Å². The summed E-state index contributed by atoms with van der Waals surface area (Å²) in [6.07, 6.45) is 7.54. The van der Waals surface area contributed by atoms with Crippen molar-refractivity contribution in [3.63, 3.8) is 0 Å². The Morgan fingerprint density at radius 1 is 1.15 bits per heavy atom. The maximum Gasteiger partial charge on any atom is 0.269 e. The summed E-state index contributed by atoms with van der Waals surface area (Å²) in [5.41, 5.74) is 12.7. The number of halogens is 1. The van der Waals surface area contributed by atoms with Gasteiger partial charge in [0.25, 0.3) is 5.91 Å². The Hall–Kier alpha value is -2.38. The van der Waals surface area contributed by atoms with Crippen LogP contribution in [0.15, 0.2) is 36.5 Å². The van der Waals surface area contributed by atoms with E-state index in [2.05, 4.69) is 10.4 Å². The summed E-state index contributed by atoms with van der Waals surface area (Å²) in [6.45, 7) is 0.531. The lowest BCUT2D eigenvalue weighted by atomic mass is 9.71. The van der Waals surface area contributed by atoms with E-state index in [1.165, 1.54) is 11.1 Å². The predicted molar refractivity (Wildman–Crippen MR) is 107 cm³/mol. The molecule has 0 bridgehead atoms. The molecule has 1 aromatic carbocycles. The molecule has 0 spiro atoms. The molecule has 1 heterocycles. The van der Waals surface area contributed by atoms with Gasteiger partial charge in [-0.3, -0.25) is 9.59 Å². The number of hydrogen-bond acceptors (Lipinski definition) is 4. The van der Waals surface area contributed by atoms with Crippen molar-refractivity contribution in [2.45, 2.75) is 38.5 Å². The molecule has 0 atom stereocenters. The molecule has 3 rings (SSSR count). The van der Waals surface area contributed by atoms with Crippen molar-refractivity contribution in [2.24, 2.45) is 16.9 Å². The van der Waals surface area contributed by atoms with Crippen LogP contribution >= 0.6 is 12.4 Å². The average molecular weight is 392 g/mol. The maximum absolute atomic E-state index is 12.7. The highest BCUT2D eigenvalue weighted by Crippen LogP contribution is 2.38. The minimum Gasteiger partial charge on any atom is -0.364 e. The van der Waals surface area contributed by atoms with Crippen molar-refractivity contribution in [3.05, 3.63) is 42.2 Å². The minimum atomic E-state index is -0.590. The number of primary amides is 1. The molecular weight excluding hydrogens is 366 g/mol. The van der Waals surface area contributed by atoms with Gasteiger partial charge in [-0.15, -0.1) is 12.4 Å². The Bertz CT molecular complexity index is 799. The maximum atomic E-state index is 12.7. The quantitative estimate of drug-likeness (QED) is 0.701. The summed E-state index contributed by atoms with van der Waals surface area (Å²) < 4.78 is 1.54. The molecule has 146 valence electrons. The van der Waals surface area contributed by atoms with Gasteiger partial charge < -0.3 is 16.8 Å². The summed E-state index contributed by atoms with van der Waals surface area (Å²) in [5, 5.41) is 7.15. The molecule has 2 aromatic rings. The lowest BCUT2D eigenvalue weighted by Crippen LogP contribution is -2.36. The largest absolute Gasteiger partial charge is 0.364 e. The Labute approximate surface area is 164 Å². The van der Waals surface area contributed by atoms with Crippen LogP contribution in [0.5, 0.6) is 0 Å². The predicted octanol–water partition coefficient (Wildman–Crippen LogP) is 2.63. The fourth-order valence-electron chi connectivity index (χ4n) is 3.66. The highest BCUT2D eigenvalue weighted by molar-refractivity contribution is 5.93. The van der Waals surface area contributed by atoms with Gasteiger partial charge in [0, 0.05) is 12.6 Å². The van der Waals surface area contributed by atoms with Crippen LogP contribution in [-0.4, -0.2) is 28.1 Å². The van der Waals surface area contributed by atoms with Crippen LogP contribution in [0.4, 0.5) is 5.69 Å². The molecule has 8 heteroatoms. The summed E-state index contributed by atoms with van der Waals surface area (Å²) in [6, 6.07) is 8.88. The summed E-state index contributed by atoms with van der Waals surface area (Å²) in [5.74, 6) is -0.639. The zero-order valence-corrected chi connectivity index (χ0v) is 16.0. The number of nitrogens with two attached hydrogens (primary N) is 2. The van der Waals surface area contributed by atoms with E-state index >= 15 is 0 Å². The van der Waals surface area contributed by atoms with Gasteiger partial charge in [0.05, 0.1) is 11.4 Å². The van der Waals surface area contributed by atoms with Gasteiger partial charge in [-0.1, -0.05) is 31.4 Å². The molecule has 0 saturated heterocycles. The number of aromatic nitrogens is 2. The molecule has 0 aliphatic heterocycles. The fraction of sp³-hybridized carbons (Fsp3) is 0.421. The molecule has 1 saturated carbocycles. The second kappa shape index (κ2) is 9.01. The highest BCUT2D eigenvalue weighted by atomic mass is 35.5. The molecule has 27 heavy (non-hydrogen) atoms. The van der Waals surface area contributed by atoms with Crippen molar-refractivity contribution in [2.75, 3.05) is 11.9 Å². The number of amides is 2. The summed E-state index contributed by atoms with van der Waals surface area (Å²) in [7, 11) is 0. The first-order chi connectivity index (χ1) is 12.5. The van der Waals surface area contributed by atoms with Crippen molar-refractivity contribution in [1.82, 2.24) is 9.78 Å². The monoisotopic (exact) mass is 391 g/mol. The van der Waals surface area contributed by atoms with Crippen LogP contribution in [0, 0.1) is 5.41 Å². The normalized spacial score (nSPS) is 15.6. The third-order valence-corrected chi connectivity index (χ3v) is 5.15. The van der Waals surface area contributed by atoms with Crippen LogP contribution in [-0.2, 0) is 4.79 Å². The standard InChI is InChI=1S/C19H25N5O2.ClH/c20-13-19(9-4-1-5-10-19)12-17(25)22-14-6-2-3-7-16(14)24-11-8-15(23-24)18(21)26;/h2-3,6-8,11H,1,4-5,9-10,12-13,20H2,(H2,21,26)(H,22,25);1H. The number of carbonyl (C=O) groups is 2. The SMILES string of the molecule is Cl.NCC1(CC(=O)Nc2ccccc2-n2ccc(C(N)=O)n2)CCCCC1. The highest BCUT2D eigenvalue weighted by Gasteiger charge is 2.33. The molecule has 2 amide bonds. The van der Waals surface area contributed by atoms with Gasteiger partial charge in [0.2, 0.25) is 5.91 Å². The first kappa shape index (κ1) is 20.9. The van der Waals surface area contributed by atoms with E-state index in [9.17, 15) is 9.59 Å². The van der Waals surface area contributed by atoms with Gasteiger partial charge in [-0.2, -0.15) is 5.10 Å². The van der Waals surface area contributed by atoms with Gasteiger partial charge in [-0.05, 0) is 43.0 Å². The zero-order valence-electron chi connectivity index (χ0n) is 15.2. The molecule has 7 nitrogen and oxygen atoms in total. The Morgan fingerprint density at radius 2 is 1.85 bits per heavy atom. The molecule has 1 aliphatic carbocycles. The number of nitrogens with one attached hydrogen (secondary N) is 1. The molecule has 5 N–H and O–H groups in total. The van der Waals surface area contributed by atoms with E-state index in [1.807, 2.05) is 24.3 Å². The van der Waals surface area contributed by atoms with Crippen LogP contribution in [0.2, 0.25) is 0 Å². The van der Waals surface area contributed by atoms with Crippen molar-refractivity contribution in [3.8, 4) is 5.69 Å². The minimum absolute atomic E-state index is 0. The molecule has 1 fully saturated rings. The molecular formula is C19H26ClN5O2. The number of para-hydroxylation sites is 2. The second-order valence-electron chi connectivity index (χ2n) is 7.02. The number of rotatable bonds is 6. The van der Waals surface area contributed by atoms with E-state index in [0.29, 0.717) is 24.3 Å². The van der Waals surface area contributed by atoms with E-state index in [4.69, 9.17) is 11.5 Å². The van der Waals surface area contributed by atoms with Crippen LogP contribution < -0.4 is 16.8 Å². The van der Waals surface area contributed by atoms with Crippen molar-refractivity contribution >= 4 is 29.9 Å². The summed E-state index contributed by atoms with van der Waals surface area (Å²) >= 11 is 0. The van der Waals surface area contributed by atoms with E-state index in [0.717, 1.165) is 25.7 Å². The Morgan fingerprint density at radius 3 is 2.48 bits per heavy atom. The first-order valence-corrected chi connectivity index (χ1v) is 8.98. The Kier molecular flexibility index (Phi) is 6.98. The second-order valence-corrected chi connectivity index (χ2v) is 7.02. The van der Waals surface area contributed by atoms with Crippen LogP contribution in [0.1, 0.15) is 49.0 Å². The van der Waals surface area contributed by atoms with E-state index in [-0.39, 0.29) is 29.4 Å². The summed E-state index contributed by atoms with van der Waals surface area (Å²) in [4.78, 5) is 23.9. The Balaban J connectivity index is 0.00000261. The number of anilines is 1. The smallest absolute Gasteiger partial charge is 0.269 e. The first-order valence-electron chi connectivity index (χ1n) is 8.98. The number of hydrogen-bond donors (Lipinski definition) is 3. The zero-order chi connectivity index (χ0) is 18.6. The van der Waals surface area contributed by atoms with Crippen molar-refractivity contribution in [1.29, 1.82) is 0 Å². The van der Waals surface area contributed by atoms with E-state index in [1.54, 1.807) is 12.3 Å². The lowest BCUT2D eigenvalue weighted by Gasteiger charge is -2.35. The molecule has 0 radical (unpaired) electrons. The number of nitrogens with zero attached hydrogens (tertiary/aromatic N) is 2. The van der Waals surface area contributed by atoms with Crippen molar-refractivity contribution < 1.29 is 9.59 Å². The lowest BCUT2D eigenvalue weighted by molar-refractivity contribution is -0.118. The average Bonchev–Trinajstić information content (AvgIpc) is 3.13. The van der Waals surface area contributed by atoms with Crippen LogP contribution in [0.3, 0.4) is 0 Å². The van der Waals surface area contributed by atoms with E-state index < -0.39 is 5.91 Å². The van der Waals surface area contributed by atoms with Gasteiger partial charge in [0.15, 0.2) is 0 Å². The third kappa shape index (κ3) is 4.87. The van der Waals surface area contributed by atoms with Crippen LogP contribution in [0.25, 0.3) is 5.69 Å². The topological polar surface area (TPSA) is 116 Å². The number of benzene rings is 1. The van der Waals surface area contributed by atoms with Gasteiger partial charge >= 0.3 is 0 Å². The fourth-order valence-corrected chi connectivity index (χ4v) is 3.66. The molecule has 1 aromatic heterocycles. The van der Waals surface area contributed by atoms with Gasteiger partial charge in [0.1, 0.15) is 5.69 Å². The third-order valence-electron chi connectivity index (χ3n) is 5.15. The molecule has 0 unspecified atom stereocenters. The number of carbonyl (C=O) groups excluding carboxylic acids is 2. The molecule has 1 aliphatic rings.